The number of carbonyl (C=O) groups is 3. The van der Waals surface area contributed by atoms with Crippen LogP contribution in [0, 0.1) is 11.6 Å². The molecule has 0 radical (unpaired) electrons. The zero-order chi connectivity index (χ0) is 20.5. The van der Waals surface area contributed by atoms with Crippen molar-refractivity contribution in [2.75, 3.05) is 6.54 Å². The summed E-state index contributed by atoms with van der Waals surface area (Å²) in [5, 5.41) is 2.38. The van der Waals surface area contributed by atoms with E-state index >= 15 is 0 Å². The van der Waals surface area contributed by atoms with Crippen LogP contribution in [0.15, 0.2) is 42.5 Å². The summed E-state index contributed by atoms with van der Waals surface area (Å²) in [7, 11) is 0. The van der Waals surface area contributed by atoms with Crippen molar-refractivity contribution in [3.8, 4) is 0 Å². The minimum Gasteiger partial charge on any atom is -0.319 e. The second kappa shape index (κ2) is 7.50. The maximum atomic E-state index is 14.2. The molecule has 1 heterocycles. The van der Waals surface area contributed by atoms with Crippen LogP contribution in [0.3, 0.4) is 0 Å². The van der Waals surface area contributed by atoms with Gasteiger partial charge in [-0.05, 0) is 37.1 Å². The van der Waals surface area contributed by atoms with Gasteiger partial charge in [0.25, 0.3) is 5.91 Å². The van der Waals surface area contributed by atoms with E-state index in [4.69, 9.17) is 0 Å². The van der Waals surface area contributed by atoms with Gasteiger partial charge in [-0.1, -0.05) is 37.6 Å². The molecule has 0 aliphatic carbocycles. The maximum absolute atomic E-state index is 14.2. The molecule has 3 amide bonds. The van der Waals surface area contributed by atoms with Crippen molar-refractivity contribution < 1.29 is 23.2 Å². The van der Waals surface area contributed by atoms with E-state index in [-0.39, 0.29) is 5.56 Å². The van der Waals surface area contributed by atoms with Gasteiger partial charge in [-0.2, -0.15) is 0 Å². The third-order valence-electron chi connectivity index (χ3n) is 4.86. The lowest BCUT2D eigenvalue weighted by atomic mass is 9.91. The number of amides is 3. The minimum atomic E-state index is -1.78. The van der Waals surface area contributed by atoms with Crippen LogP contribution in [0.4, 0.5) is 13.6 Å². The van der Waals surface area contributed by atoms with Crippen LogP contribution in [0.5, 0.6) is 0 Å². The Labute approximate surface area is 161 Å². The molecule has 2 aromatic carbocycles. The molecule has 1 N–H and O–H groups in total. The molecule has 0 spiro atoms. The normalized spacial score (nSPS) is 19.1. The summed E-state index contributed by atoms with van der Waals surface area (Å²) < 4.78 is 27.7. The lowest BCUT2D eigenvalue weighted by Crippen LogP contribution is -2.42. The SMILES string of the molecule is CCCc1ccc(C(=O)CN2C(=O)N[C@](C)(c3cc(F)ccc3F)C2=O)cc1. The third kappa shape index (κ3) is 3.52. The maximum Gasteiger partial charge on any atom is 0.325 e. The Morgan fingerprint density at radius 2 is 1.79 bits per heavy atom. The van der Waals surface area contributed by atoms with Gasteiger partial charge in [0.15, 0.2) is 5.78 Å². The number of ketones is 1. The molecule has 1 aliphatic rings. The van der Waals surface area contributed by atoms with Crippen molar-refractivity contribution in [2.24, 2.45) is 0 Å². The molecule has 28 heavy (non-hydrogen) atoms. The molecule has 0 bridgehead atoms. The van der Waals surface area contributed by atoms with Crippen LogP contribution in [-0.4, -0.2) is 29.2 Å². The molecule has 5 nitrogen and oxygen atoms in total. The van der Waals surface area contributed by atoms with Crippen molar-refractivity contribution >= 4 is 17.7 Å². The number of rotatable bonds is 6. The summed E-state index contributed by atoms with van der Waals surface area (Å²) in [6, 6.07) is 8.81. The van der Waals surface area contributed by atoms with Gasteiger partial charge < -0.3 is 5.32 Å². The topological polar surface area (TPSA) is 66.5 Å². The van der Waals surface area contributed by atoms with Gasteiger partial charge in [-0.15, -0.1) is 0 Å². The Hall–Kier alpha value is -3.09. The molecule has 1 fully saturated rings. The predicted molar refractivity (Wildman–Crippen MR) is 98.7 cm³/mol. The van der Waals surface area contributed by atoms with Crippen LogP contribution < -0.4 is 5.32 Å². The van der Waals surface area contributed by atoms with Gasteiger partial charge in [-0.25, -0.2) is 13.6 Å². The highest BCUT2D eigenvalue weighted by atomic mass is 19.1. The molecular formula is C21H20F2N2O3. The second-order valence-corrected chi connectivity index (χ2v) is 6.94. The van der Waals surface area contributed by atoms with E-state index < -0.39 is 41.4 Å². The lowest BCUT2D eigenvalue weighted by molar-refractivity contribution is -0.130. The molecule has 3 rings (SSSR count). The molecule has 0 saturated carbocycles. The van der Waals surface area contributed by atoms with Gasteiger partial charge in [0.1, 0.15) is 17.2 Å². The summed E-state index contributed by atoms with van der Waals surface area (Å²) in [5.41, 5.74) is -0.618. The average Bonchev–Trinajstić information content (AvgIpc) is 2.88. The van der Waals surface area contributed by atoms with Crippen molar-refractivity contribution in [1.29, 1.82) is 0 Å². The number of benzene rings is 2. The Morgan fingerprint density at radius 1 is 1.11 bits per heavy atom. The molecule has 1 atom stereocenters. The predicted octanol–water partition coefficient (Wildman–Crippen LogP) is 3.57. The van der Waals surface area contributed by atoms with E-state index in [0.717, 1.165) is 41.5 Å². The fourth-order valence-corrected chi connectivity index (χ4v) is 3.28. The molecule has 146 valence electrons. The number of urea groups is 1. The number of nitrogens with zero attached hydrogens (tertiary/aromatic N) is 1. The first-order valence-corrected chi connectivity index (χ1v) is 8.98. The van der Waals surface area contributed by atoms with E-state index in [9.17, 15) is 23.2 Å². The standard InChI is InChI=1S/C21H20F2N2O3/c1-3-4-13-5-7-14(8-6-13)18(26)12-25-19(27)21(2,24-20(25)28)16-11-15(22)9-10-17(16)23/h5-11H,3-4,12H2,1-2H3,(H,24,28)/t21-/m1/s1. The van der Waals surface area contributed by atoms with Gasteiger partial charge in [-0.3, -0.25) is 14.5 Å². The van der Waals surface area contributed by atoms with Crippen molar-refractivity contribution in [2.45, 2.75) is 32.2 Å². The third-order valence-corrected chi connectivity index (χ3v) is 4.86. The number of Topliss-reactive ketones (excluding diaryl/α,β-unsaturated/α-hetero) is 1. The first kappa shape index (κ1) is 19.7. The quantitative estimate of drug-likeness (QED) is 0.610. The van der Waals surface area contributed by atoms with Crippen LogP contribution in [0.25, 0.3) is 0 Å². The van der Waals surface area contributed by atoms with Crippen LogP contribution >= 0.6 is 0 Å². The fraction of sp³-hybridized carbons (Fsp3) is 0.286. The summed E-state index contributed by atoms with van der Waals surface area (Å²) in [6.07, 6.45) is 1.87. The first-order valence-electron chi connectivity index (χ1n) is 8.98. The number of carbonyl (C=O) groups excluding carboxylic acids is 3. The van der Waals surface area contributed by atoms with E-state index in [2.05, 4.69) is 12.2 Å². The van der Waals surface area contributed by atoms with Crippen LogP contribution in [0.1, 0.15) is 41.8 Å². The van der Waals surface area contributed by atoms with Gasteiger partial charge in [0, 0.05) is 11.1 Å². The van der Waals surface area contributed by atoms with Gasteiger partial charge >= 0.3 is 6.03 Å². The van der Waals surface area contributed by atoms with Crippen LogP contribution in [-0.2, 0) is 16.8 Å². The number of nitrogens with one attached hydrogen (secondary N) is 1. The molecule has 0 unspecified atom stereocenters. The summed E-state index contributed by atoms with van der Waals surface area (Å²) in [4.78, 5) is 38.4. The second-order valence-electron chi connectivity index (χ2n) is 6.94. The number of imide groups is 1. The highest BCUT2D eigenvalue weighted by Gasteiger charge is 2.50. The summed E-state index contributed by atoms with van der Waals surface area (Å²) in [5.74, 6) is -2.79. The van der Waals surface area contributed by atoms with E-state index in [0.29, 0.717) is 5.56 Å². The largest absolute Gasteiger partial charge is 0.325 e. The van der Waals surface area contributed by atoms with Crippen molar-refractivity contribution in [3.05, 3.63) is 70.8 Å². The smallest absolute Gasteiger partial charge is 0.319 e. The number of aryl methyl sites for hydroxylation is 1. The molecule has 7 heteroatoms. The Balaban J connectivity index is 1.82. The Kier molecular flexibility index (Phi) is 5.27. The summed E-state index contributed by atoms with van der Waals surface area (Å²) >= 11 is 0. The monoisotopic (exact) mass is 386 g/mol. The van der Waals surface area contributed by atoms with E-state index in [1.54, 1.807) is 12.1 Å². The Bertz CT molecular complexity index is 943. The highest BCUT2D eigenvalue weighted by Crippen LogP contribution is 2.31. The van der Waals surface area contributed by atoms with Crippen LogP contribution in [0.2, 0.25) is 0 Å². The number of hydrogen-bond donors (Lipinski definition) is 1. The molecule has 1 aliphatic heterocycles. The zero-order valence-corrected chi connectivity index (χ0v) is 15.6. The minimum absolute atomic E-state index is 0.287. The summed E-state index contributed by atoms with van der Waals surface area (Å²) in [6.45, 7) is 2.86. The lowest BCUT2D eigenvalue weighted by Gasteiger charge is -2.22. The number of hydrogen-bond acceptors (Lipinski definition) is 3. The van der Waals surface area contributed by atoms with Crippen molar-refractivity contribution in [1.82, 2.24) is 10.2 Å². The molecular weight excluding hydrogens is 366 g/mol. The van der Waals surface area contributed by atoms with E-state index in [1.165, 1.54) is 6.92 Å². The fourth-order valence-electron chi connectivity index (χ4n) is 3.28. The molecule has 0 aromatic heterocycles. The van der Waals surface area contributed by atoms with Gasteiger partial charge in [0.2, 0.25) is 0 Å². The molecule has 2 aromatic rings. The van der Waals surface area contributed by atoms with Gasteiger partial charge in [0.05, 0.1) is 6.54 Å². The van der Waals surface area contributed by atoms with E-state index in [1.807, 2.05) is 12.1 Å². The average molecular weight is 386 g/mol. The molecule has 1 saturated heterocycles. The first-order chi connectivity index (χ1) is 13.3. The zero-order valence-electron chi connectivity index (χ0n) is 15.6. The Morgan fingerprint density at radius 3 is 2.43 bits per heavy atom. The number of halogens is 2. The highest BCUT2D eigenvalue weighted by molar-refractivity contribution is 6.11. The van der Waals surface area contributed by atoms with Crippen molar-refractivity contribution in [3.63, 3.8) is 0 Å².